The first-order valence-corrected chi connectivity index (χ1v) is 8.77. The summed E-state index contributed by atoms with van der Waals surface area (Å²) in [5, 5.41) is 4.22. The van der Waals surface area contributed by atoms with Gasteiger partial charge in [-0.05, 0) is 48.1 Å². The van der Waals surface area contributed by atoms with Gasteiger partial charge in [0.05, 0.1) is 5.56 Å². The van der Waals surface area contributed by atoms with Crippen molar-refractivity contribution in [2.45, 2.75) is 19.0 Å². The number of alkyl halides is 3. The van der Waals surface area contributed by atoms with Crippen LogP contribution in [0.15, 0.2) is 48.7 Å². The van der Waals surface area contributed by atoms with E-state index in [-0.39, 0.29) is 22.4 Å². The topological polar surface area (TPSA) is 42.0 Å². The van der Waals surface area contributed by atoms with Crippen molar-refractivity contribution in [3.63, 3.8) is 0 Å². The molecule has 7 heteroatoms. The number of hydrogen-bond donors (Lipinski definition) is 1. The molecule has 0 bridgehead atoms. The number of pyridine rings is 1. The van der Waals surface area contributed by atoms with Crippen LogP contribution in [0.4, 0.5) is 19.0 Å². The Bertz CT molecular complexity index is 1050. The number of nitrogens with one attached hydrogen (secondary N) is 1. The van der Waals surface area contributed by atoms with Gasteiger partial charge in [-0.15, -0.1) is 0 Å². The molecule has 1 aromatic heterocycles. The van der Waals surface area contributed by atoms with Crippen molar-refractivity contribution in [2.75, 3.05) is 5.32 Å². The second-order valence-electron chi connectivity index (χ2n) is 6.56. The van der Waals surface area contributed by atoms with Crippen molar-refractivity contribution in [1.82, 2.24) is 4.98 Å². The van der Waals surface area contributed by atoms with Crippen molar-refractivity contribution in [1.29, 1.82) is 0 Å². The Labute approximate surface area is 158 Å². The van der Waals surface area contributed by atoms with E-state index < -0.39 is 11.7 Å². The van der Waals surface area contributed by atoms with Gasteiger partial charge < -0.3 is 5.32 Å². The number of nitrogens with zero attached hydrogens (tertiary/aromatic N) is 1. The lowest BCUT2D eigenvalue weighted by Gasteiger charge is -2.15. The van der Waals surface area contributed by atoms with Crippen LogP contribution < -0.4 is 5.32 Å². The third-order valence-electron chi connectivity index (χ3n) is 4.53. The summed E-state index contributed by atoms with van der Waals surface area (Å²) in [5.74, 6) is 0.441. The Morgan fingerprint density at radius 1 is 1.11 bits per heavy atom. The summed E-state index contributed by atoms with van der Waals surface area (Å²) in [6.07, 6.45) is -1.19. The molecule has 1 N–H and O–H groups in total. The highest BCUT2D eigenvalue weighted by Crippen LogP contribution is 2.41. The lowest BCUT2D eigenvalue weighted by molar-refractivity contribution is -0.137. The fraction of sp³-hybridized carbons (Fsp3) is 0.200. The molecule has 1 amide bonds. The average molecular weight is 391 g/mol. The molecule has 0 atom stereocenters. The van der Waals surface area contributed by atoms with E-state index in [4.69, 9.17) is 11.6 Å². The number of fused-ring (bicyclic) bond motifs is 1. The van der Waals surface area contributed by atoms with Crippen LogP contribution in [-0.4, -0.2) is 10.9 Å². The molecule has 2 aromatic carbocycles. The van der Waals surface area contributed by atoms with Crippen molar-refractivity contribution in [3.8, 4) is 11.1 Å². The number of benzene rings is 2. The maximum atomic E-state index is 13.4. The van der Waals surface area contributed by atoms with E-state index in [0.29, 0.717) is 16.8 Å². The first-order valence-electron chi connectivity index (χ1n) is 8.40. The number of aromatic nitrogens is 1. The van der Waals surface area contributed by atoms with E-state index in [1.807, 2.05) is 0 Å². The monoisotopic (exact) mass is 390 g/mol. The van der Waals surface area contributed by atoms with Crippen LogP contribution in [0.5, 0.6) is 0 Å². The summed E-state index contributed by atoms with van der Waals surface area (Å²) >= 11 is 6.08. The molecular weight excluding hydrogens is 377 g/mol. The minimum atomic E-state index is -4.51. The molecule has 4 rings (SSSR count). The molecule has 1 heterocycles. The highest BCUT2D eigenvalue weighted by molar-refractivity contribution is 6.33. The Morgan fingerprint density at radius 3 is 2.59 bits per heavy atom. The van der Waals surface area contributed by atoms with Gasteiger partial charge in [0.1, 0.15) is 5.82 Å². The maximum absolute atomic E-state index is 13.4. The second kappa shape index (κ2) is 6.53. The number of rotatable bonds is 3. The zero-order chi connectivity index (χ0) is 19.2. The summed E-state index contributed by atoms with van der Waals surface area (Å²) in [4.78, 5) is 16.0. The van der Waals surface area contributed by atoms with E-state index in [0.717, 1.165) is 24.3 Å². The minimum absolute atomic E-state index is 0.0328. The Hall–Kier alpha value is -2.60. The van der Waals surface area contributed by atoms with Crippen LogP contribution in [-0.2, 0) is 11.0 Å². The average Bonchev–Trinajstić information content (AvgIpc) is 3.45. The van der Waals surface area contributed by atoms with Crippen LogP contribution in [0.2, 0.25) is 5.02 Å². The Kier molecular flexibility index (Phi) is 4.30. The predicted octanol–water partition coefficient (Wildman–Crippen LogP) is 5.92. The lowest BCUT2D eigenvalue weighted by Crippen LogP contribution is -2.14. The predicted molar refractivity (Wildman–Crippen MR) is 98.5 cm³/mol. The zero-order valence-corrected chi connectivity index (χ0v) is 14.7. The molecule has 1 saturated carbocycles. The molecule has 0 saturated heterocycles. The van der Waals surface area contributed by atoms with Gasteiger partial charge in [0.25, 0.3) is 0 Å². The van der Waals surface area contributed by atoms with Crippen LogP contribution in [0.1, 0.15) is 18.4 Å². The molecule has 3 nitrogen and oxygen atoms in total. The number of amides is 1. The van der Waals surface area contributed by atoms with E-state index in [1.165, 1.54) is 18.3 Å². The quantitative estimate of drug-likeness (QED) is 0.603. The molecule has 1 aliphatic rings. The Balaban J connectivity index is 1.73. The summed E-state index contributed by atoms with van der Waals surface area (Å²) < 4.78 is 40.1. The molecule has 27 heavy (non-hydrogen) atoms. The minimum Gasteiger partial charge on any atom is -0.310 e. The highest BCUT2D eigenvalue weighted by atomic mass is 35.5. The van der Waals surface area contributed by atoms with Gasteiger partial charge in [0, 0.05) is 28.1 Å². The van der Waals surface area contributed by atoms with Crippen LogP contribution in [0, 0.1) is 5.92 Å². The molecule has 0 aliphatic heterocycles. The summed E-state index contributed by atoms with van der Waals surface area (Å²) in [5.41, 5.74) is -0.479. The van der Waals surface area contributed by atoms with E-state index >= 15 is 0 Å². The number of halogens is 4. The van der Waals surface area contributed by atoms with Gasteiger partial charge in [0.2, 0.25) is 5.91 Å². The Morgan fingerprint density at radius 2 is 1.89 bits per heavy atom. The highest BCUT2D eigenvalue weighted by Gasteiger charge is 2.34. The van der Waals surface area contributed by atoms with Gasteiger partial charge in [-0.2, -0.15) is 13.2 Å². The summed E-state index contributed by atoms with van der Waals surface area (Å²) in [6.45, 7) is 0. The van der Waals surface area contributed by atoms with Gasteiger partial charge in [-0.25, -0.2) is 4.98 Å². The normalized spacial score (nSPS) is 14.4. The van der Waals surface area contributed by atoms with Gasteiger partial charge in [0.15, 0.2) is 0 Å². The molecule has 0 spiro atoms. The van der Waals surface area contributed by atoms with Crippen molar-refractivity contribution in [2.24, 2.45) is 5.92 Å². The number of carbonyl (C=O) groups excluding carboxylic acids is 1. The lowest BCUT2D eigenvalue weighted by atomic mass is 9.97. The first kappa shape index (κ1) is 17.8. The van der Waals surface area contributed by atoms with Crippen LogP contribution >= 0.6 is 11.6 Å². The summed E-state index contributed by atoms with van der Waals surface area (Å²) in [7, 11) is 0. The maximum Gasteiger partial charge on any atom is 0.417 e. The fourth-order valence-corrected chi connectivity index (χ4v) is 3.28. The largest absolute Gasteiger partial charge is 0.417 e. The SMILES string of the molecule is O=C(Nc1cc2ccc(-c3c(Cl)cccc3C(F)(F)F)cc2cn1)C1CC1. The van der Waals surface area contributed by atoms with Gasteiger partial charge in [-0.1, -0.05) is 29.8 Å². The fourth-order valence-electron chi connectivity index (χ4n) is 2.99. The van der Waals surface area contributed by atoms with Crippen LogP contribution in [0.25, 0.3) is 21.9 Å². The molecule has 3 aromatic rings. The molecule has 0 radical (unpaired) electrons. The van der Waals surface area contributed by atoms with E-state index in [1.54, 1.807) is 24.3 Å². The van der Waals surface area contributed by atoms with Crippen molar-refractivity contribution < 1.29 is 18.0 Å². The summed E-state index contributed by atoms with van der Waals surface area (Å²) in [6, 6.07) is 10.3. The van der Waals surface area contributed by atoms with Gasteiger partial charge >= 0.3 is 6.18 Å². The number of hydrogen-bond acceptors (Lipinski definition) is 2. The number of anilines is 1. The molecule has 1 aliphatic carbocycles. The second-order valence-corrected chi connectivity index (χ2v) is 6.96. The smallest absolute Gasteiger partial charge is 0.310 e. The standard InChI is InChI=1S/C20H14ClF3N2O/c21-16-3-1-2-15(20(22,23)24)18(16)13-7-6-12-9-17(25-10-14(12)8-13)26-19(27)11-4-5-11/h1-3,6-11H,4-5H2,(H,25,26,27). The molecule has 0 unspecified atom stereocenters. The third kappa shape index (κ3) is 3.62. The van der Waals surface area contributed by atoms with E-state index in [2.05, 4.69) is 10.3 Å². The van der Waals surface area contributed by atoms with Crippen LogP contribution in [0.3, 0.4) is 0 Å². The van der Waals surface area contributed by atoms with E-state index in [9.17, 15) is 18.0 Å². The molecule has 1 fully saturated rings. The molecular formula is C20H14ClF3N2O. The van der Waals surface area contributed by atoms with Crippen molar-refractivity contribution in [3.05, 3.63) is 59.2 Å². The zero-order valence-electron chi connectivity index (χ0n) is 14.0. The van der Waals surface area contributed by atoms with Gasteiger partial charge in [-0.3, -0.25) is 4.79 Å². The number of carbonyl (C=O) groups is 1. The first-order chi connectivity index (χ1) is 12.8. The van der Waals surface area contributed by atoms with Crippen molar-refractivity contribution >= 4 is 34.1 Å². The molecule has 138 valence electrons. The third-order valence-corrected chi connectivity index (χ3v) is 4.84.